The van der Waals surface area contributed by atoms with E-state index in [0.717, 1.165) is 26.8 Å². The lowest BCUT2D eigenvalue weighted by Crippen LogP contribution is -2.30. The number of hydrogen-bond acceptors (Lipinski definition) is 5. The Morgan fingerprint density at radius 3 is 2.63 bits per heavy atom. The molecule has 1 aliphatic rings. The Bertz CT molecular complexity index is 897. The van der Waals surface area contributed by atoms with E-state index in [9.17, 15) is 4.79 Å². The zero-order valence-electron chi connectivity index (χ0n) is 14.6. The standard InChI is InChI=1S/C21H19NO3S2/c23-20(14-27-16-8-9-17-18(13-16)25-11-10-24-17)22-21(19-7-4-12-26-19)15-5-2-1-3-6-15/h1-9,12-13,21H,10-11,14H2,(H,22,23)/t21-/m1/s1. The van der Waals surface area contributed by atoms with Gasteiger partial charge in [-0.1, -0.05) is 36.4 Å². The first-order valence-electron chi connectivity index (χ1n) is 8.70. The van der Waals surface area contributed by atoms with Gasteiger partial charge in [0.25, 0.3) is 0 Å². The molecule has 0 unspecified atom stereocenters. The van der Waals surface area contributed by atoms with Crippen LogP contribution in [0.2, 0.25) is 0 Å². The zero-order chi connectivity index (χ0) is 18.5. The van der Waals surface area contributed by atoms with Crippen LogP contribution in [0.25, 0.3) is 0 Å². The molecule has 0 bridgehead atoms. The summed E-state index contributed by atoms with van der Waals surface area (Å²) in [6, 6.07) is 19.8. The highest BCUT2D eigenvalue weighted by Gasteiger charge is 2.18. The van der Waals surface area contributed by atoms with E-state index in [-0.39, 0.29) is 11.9 Å². The number of thiophene rings is 1. The molecular weight excluding hydrogens is 378 g/mol. The third kappa shape index (κ3) is 4.46. The van der Waals surface area contributed by atoms with Crippen LogP contribution >= 0.6 is 23.1 Å². The minimum Gasteiger partial charge on any atom is -0.486 e. The van der Waals surface area contributed by atoms with Gasteiger partial charge in [-0.25, -0.2) is 0 Å². The summed E-state index contributed by atoms with van der Waals surface area (Å²) in [5.74, 6) is 1.84. The van der Waals surface area contributed by atoms with Crippen LogP contribution in [0.1, 0.15) is 16.5 Å². The van der Waals surface area contributed by atoms with Crippen molar-refractivity contribution in [1.29, 1.82) is 0 Å². The highest BCUT2D eigenvalue weighted by Crippen LogP contribution is 2.34. The van der Waals surface area contributed by atoms with Gasteiger partial charge < -0.3 is 14.8 Å². The maximum Gasteiger partial charge on any atom is 0.231 e. The van der Waals surface area contributed by atoms with Gasteiger partial charge in [-0.05, 0) is 35.2 Å². The molecule has 2 aromatic carbocycles. The number of fused-ring (bicyclic) bond motifs is 1. The molecule has 1 amide bonds. The van der Waals surface area contributed by atoms with Crippen LogP contribution in [0.4, 0.5) is 0 Å². The summed E-state index contributed by atoms with van der Waals surface area (Å²) in [7, 11) is 0. The maximum atomic E-state index is 12.6. The lowest BCUT2D eigenvalue weighted by Gasteiger charge is -2.19. The lowest BCUT2D eigenvalue weighted by molar-refractivity contribution is -0.119. The van der Waals surface area contributed by atoms with Gasteiger partial charge in [0.05, 0.1) is 11.8 Å². The number of ether oxygens (including phenoxy) is 2. The average molecular weight is 398 g/mol. The van der Waals surface area contributed by atoms with Crippen molar-refractivity contribution in [2.24, 2.45) is 0 Å². The monoisotopic (exact) mass is 397 g/mol. The van der Waals surface area contributed by atoms with Gasteiger partial charge in [-0.3, -0.25) is 4.79 Å². The molecule has 0 radical (unpaired) electrons. The van der Waals surface area contributed by atoms with E-state index in [1.54, 1.807) is 11.3 Å². The molecule has 4 nitrogen and oxygen atoms in total. The van der Waals surface area contributed by atoms with E-state index in [2.05, 4.69) is 11.4 Å². The molecule has 0 spiro atoms. The van der Waals surface area contributed by atoms with Crippen LogP contribution in [0, 0.1) is 0 Å². The zero-order valence-corrected chi connectivity index (χ0v) is 16.2. The molecular formula is C21H19NO3S2. The number of carbonyl (C=O) groups is 1. The van der Waals surface area contributed by atoms with Gasteiger partial charge in [0.2, 0.25) is 5.91 Å². The van der Waals surface area contributed by atoms with E-state index in [1.807, 2.05) is 60.0 Å². The van der Waals surface area contributed by atoms with E-state index < -0.39 is 0 Å². The van der Waals surface area contributed by atoms with Crippen molar-refractivity contribution < 1.29 is 14.3 Å². The smallest absolute Gasteiger partial charge is 0.231 e. The SMILES string of the molecule is O=C(CSc1ccc2c(c1)OCCO2)N[C@H](c1ccccc1)c1cccs1. The molecule has 6 heteroatoms. The van der Waals surface area contributed by atoms with E-state index in [0.29, 0.717) is 19.0 Å². The Morgan fingerprint density at radius 2 is 1.85 bits per heavy atom. The molecule has 138 valence electrons. The molecule has 2 heterocycles. The van der Waals surface area contributed by atoms with Crippen molar-refractivity contribution >= 4 is 29.0 Å². The quantitative estimate of drug-likeness (QED) is 0.622. The second-order valence-corrected chi connectivity index (χ2v) is 8.05. The molecule has 0 saturated heterocycles. The number of rotatable bonds is 6. The lowest BCUT2D eigenvalue weighted by atomic mass is 10.1. The van der Waals surface area contributed by atoms with Crippen molar-refractivity contribution in [3.8, 4) is 11.5 Å². The first-order valence-corrected chi connectivity index (χ1v) is 10.6. The van der Waals surface area contributed by atoms with Gasteiger partial charge in [0, 0.05) is 9.77 Å². The molecule has 0 aliphatic carbocycles. The number of nitrogens with one attached hydrogen (secondary N) is 1. The summed E-state index contributed by atoms with van der Waals surface area (Å²) in [6.45, 7) is 1.13. The molecule has 1 aliphatic heterocycles. The number of thioether (sulfide) groups is 1. The summed E-state index contributed by atoms with van der Waals surface area (Å²) < 4.78 is 11.1. The Labute approximate surface area is 166 Å². The van der Waals surface area contributed by atoms with Crippen molar-refractivity contribution in [3.63, 3.8) is 0 Å². The topological polar surface area (TPSA) is 47.6 Å². The first kappa shape index (κ1) is 17.9. The average Bonchev–Trinajstić information content (AvgIpc) is 3.25. The maximum absolute atomic E-state index is 12.6. The summed E-state index contributed by atoms with van der Waals surface area (Å²) in [4.78, 5) is 14.7. The Hall–Kier alpha value is -2.44. The van der Waals surface area contributed by atoms with Gasteiger partial charge in [-0.15, -0.1) is 23.1 Å². The highest BCUT2D eigenvalue weighted by atomic mass is 32.2. The summed E-state index contributed by atoms with van der Waals surface area (Å²) in [5.41, 5.74) is 1.08. The minimum absolute atomic E-state index is 0.00265. The second kappa shape index (κ2) is 8.50. The number of carbonyl (C=O) groups excluding carboxylic acids is 1. The van der Waals surface area contributed by atoms with E-state index in [1.165, 1.54) is 11.8 Å². The normalized spacial score (nSPS) is 13.8. The fourth-order valence-electron chi connectivity index (χ4n) is 2.88. The fourth-order valence-corrected chi connectivity index (χ4v) is 4.42. The predicted octanol–water partition coefficient (Wildman–Crippen LogP) is 4.52. The third-order valence-electron chi connectivity index (χ3n) is 4.15. The summed E-state index contributed by atoms with van der Waals surface area (Å²) in [6.07, 6.45) is 0. The van der Waals surface area contributed by atoms with E-state index in [4.69, 9.17) is 9.47 Å². The molecule has 1 atom stereocenters. The Kier molecular flexibility index (Phi) is 5.65. The van der Waals surface area contributed by atoms with Crippen molar-refractivity contribution in [2.75, 3.05) is 19.0 Å². The van der Waals surface area contributed by atoms with Crippen molar-refractivity contribution in [2.45, 2.75) is 10.9 Å². The van der Waals surface area contributed by atoms with Crippen molar-refractivity contribution in [3.05, 3.63) is 76.5 Å². The van der Waals surface area contributed by atoms with Crippen LogP contribution in [0.15, 0.2) is 70.9 Å². The number of benzene rings is 2. The molecule has 0 saturated carbocycles. The van der Waals surface area contributed by atoms with Gasteiger partial charge in [0.15, 0.2) is 11.5 Å². The predicted molar refractivity (Wildman–Crippen MR) is 109 cm³/mol. The third-order valence-corrected chi connectivity index (χ3v) is 6.08. The van der Waals surface area contributed by atoms with Gasteiger partial charge in [0.1, 0.15) is 13.2 Å². The number of amides is 1. The highest BCUT2D eigenvalue weighted by molar-refractivity contribution is 8.00. The minimum atomic E-state index is -0.125. The Balaban J connectivity index is 1.41. The Morgan fingerprint density at radius 1 is 1.04 bits per heavy atom. The molecule has 3 aromatic rings. The molecule has 1 aromatic heterocycles. The van der Waals surface area contributed by atoms with Crippen LogP contribution in [-0.4, -0.2) is 24.9 Å². The van der Waals surface area contributed by atoms with Gasteiger partial charge >= 0.3 is 0 Å². The van der Waals surface area contributed by atoms with Crippen LogP contribution in [0.3, 0.4) is 0 Å². The summed E-state index contributed by atoms with van der Waals surface area (Å²) >= 11 is 3.14. The molecule has 27 heavy (non-hydrogen) atoms. The number of hydrogen-bond donors (Lipinski definition) is 1. The van der Waals surface area contributed by atoms with E-state index >= 15 is 0 Å². The van der Waals surface area contributed by atoms with Crippen molar-refractivity contribution in [1.82, 2.24) is 5.32 Å². The van der Waals surface area contributed by atoms with Crippen LogP contribution < -0.4 is 14.8 Å². The molecule has 4 rings (SSSR count). The fraction of sp³-hybridized carbons (Fsp3) is 0.190. The molecule has 0 fully saturated rings. The first-order chi connectivity index (χ1) is 13.3. The summed E-state index contributed by atoms with van der Waals surface area (Å²) in [5, 5.41) is 5.19. The largest absolute Gasteiger partial charge is 0.486 e. The molecule has 1 N–H and O–H groups in total. The van der Waals surface area contributed by atoms with Crippen LogP contribution in [-0.2, 0) is 4.79 Å². The van der Waals surface area contributed by atoms with Gasteiger partial charge in [-0.2, -0.15) is 0 Å². The second-order valence-electron chi connectivity index (χ2n) is 6.02. The van der Waals surface area contributed by atoms with Crippen LogP contribution in [0.5, 0.6) is 11.5 Å².